The predicted molar refractivity (Wildman–Crippen MR) is 51.7 cm³/mol. The van der Waals surface area contributed by atoms with E-state index in [1.54, 1.807) is 17.8 Å². The normalized spacial score (nSPS) is 13.5. The summed E-state index contributed by atoms with van der Waals surface area (Å²) in [5.74, 6) is 0. The first-order valence-electron chi connectivity index (χ1n) is 4.79. The molecule has 0 amide bonds. The van der Waals surface area contributed by atoms with Gasteiger partial charge in [0.1, 0.15) is 5.69 Å². The zero-order valence-corrected chi connectivity index (χ0v) is 8.84. The lowest BCUT2D eigenvalue weighted by atomic mass is 10.3. The van der Waals surface area contributed by atoms with Crippen molar-refractivity contribution in [3.8, 4) is 0 Å². The van der Waals surface area contributed by atoms with Crippen molar-refractivity contribution in [2.24, 2.45) is 0 Å². The van der Waals surface area contributed by atoms with Gasteiger partial charge in [0.15, 0.2) is 0 Å². The highest BCUT2D eigenvalue weighted by atomic mass is 16.5. The molecular weight excluding hydrogens is 182 g/mol. The summed E-state index contributed by atoms with van der Waals surface area (Å²) in [5.41, 5.74) is 0.592. The SMILES string of the molecule is CC(C)OCCn1cc(C(C)O)nn1. The monoisotopic (exact) mass is 199 g/mol. The fourth-order valence-electron chi connectivity index (χ4n) is 0.996. The molecule has 0 aliphatic heterocycles. The molecule has 0 aliphatic carbocycles. The molecule has 1 heterocycles. The Morgan fingerprint density at radius 2 is 2.21 bits per heavy atom. The first kappa shape index (κ1) is 11.1. The fourth-order valence-corrected chi connectivity index (χ4v) is 0.996. The van der Waals surface area contributed by atoms with E-state index in [-0.39, 0.29) is 6.10 Å². The van der Waals surface area contributed by atoms with Gasteiger partial charge in [0, 0.05) is 0 Å². The van der Waals surface area contributed by atoms with Gasteiger partial charge < -0.3 is 9.84 Å². The number of nitrogens with zero attached hydrogens (tertiary/aromatic N) is 3. The van der Waals surface area contributed by atoms with Gasteiger partial charge in [-0.15, -0.1) is 5.10 Å². The van der Waals surface area contributed by atoms with Crippen LogP contribution in [0.3, 0.4) is 0 Å². The first-order chi connectivity index (χ1) is 6.59. The van der Waals surface area contributed by atoms with Crippen LogP contribution < -0.4 is 0 Å². The minimum atomic E-state index is -0.560. The van der Waals surface area contributed by atoms with Crippen molar-refractivity contribution >= 4 is 0 Å². The Labute approximate surface area is 83.7 Å². The number of hydrogen-bond donors (Lipinski definition) is 1. The second kappa shape index (κ2) is 5.07. The van der Waals surface area contributed by atoms with Crippen LogP contribution in [0.5, 0.6) is 0 Å². The van der Waals surface area contributed by atoms with Crippen LogP contribution in [0.15, 0.2) is 6.20 Å². The van der Waals surface area contributed by atoms with E-state index in [1.165, 1.54) is 0 Å². The predicted octanol–water partition coefficient (Wildman–Crippen LogP) is 0.756. The highest BCUT2D eigenvalue weighted by Crippen LogP contribution is 2.05. The topological polar surface area (TPSA) is 60.2 Å². The standard InChI is InChI=1S/C9H17N3O2/c1-7(2)14-5-4-12-6-9(8(3)13)10-11-12/h6-8,13H,4-5H2,1-3H3. The van der Waals surface area contributed by atoms with Gasteiger partial charge in [0.25, 0.3) is 0 Å². The first-order valence-corrected chi connectivity index (χ1v) is 4.79. The maximum atomic E-state index is 9.20. The van der Waals surface area contributed by atoms with Gasteiger partial charge in [-0.2, -0.15) is 0 Å². The average Bonchev–Trinajstić information content (AvgIpc) is 2.52. The number of aliphatic hydroxyl groups is 1. The van der Waals surface area contributed by atoms with E-state index in [2.05, 4.69) is 10.3 Å². The maximum absolute atomic E-state index is 9.20. The van der Waals surface area contributed by atoms with Crippen LogP contribution in [0.1, 0.15) is 32.6 Å². The molecule has 0 aromatic carbocycles. The van der Waals surface area contributed by atoms with Gasteiger partial charge in [-0.05, 0) is 20.8 Å². The van der Waals surface area contributed by atoms with Crippen molar-refractivity contribution < 1.29 is 9.84 Å². The van der Waals surface area contributed by atoms with Crippen molar-refractivity contribution in [3.05, 3.63) is 11.9 Å². The summed E-state index contributed by atoms with van der Waals surface area (Å²) in [5, 5.41) is 16.9. The summed E-state index contributed by atoms with van der Waals surface area (Å²) in [4.78, 5) is 0. The van der Waals surface area contributed by atoms with Crippen LogP contribution in [-0.2, 0) is 11.3 Å². The Hall–Kier alpha value is -0.940. The van der Waals surface area contributed by atoms with Gasteiger partial charge in [-0.3, -0.25) is 0 Å². The lowest BCUT2D eigenvalue weighted by molar-refractivity contribution is 0.0706. The van der Waals surface area contributed by atoms with Gasteiger partial charge in [0.2, 0.25) is 0 Å². The molecule has 1 atom stereocenters. The maximum Gasteiger partial charge on any atom is 0.111 e. The molecule has 0 saturated heterocycles. The van der Waals surface area contributed by atoms with E-state index in [9.17, 15) is 5.11 Å². The van der Waals surface area contributed by atoms with Gasteiger partial charge >= 0.3 is 0 Å². The second-order valence-corrected chi connectivity index (χ2v) is 3.50. The third-order valence-electron chi connectivity index (χ3n) is 1.76. The van der Waals surface area contributed by atoms with Crippen LogP contribution in [0.2, 0.25) is 0 Å². The van der Waals surface area contributed by atoms with Crippen molar-refractivity contribution in [2.45, 2.75) is 39.5 Å². The van der Waals surface area contributed by atoms with E-state index in [0.717, 1.165) is 0 Å². The summed E-state index contributed by atoms with van der Waals surface area (Å²) >= 11 is 0. The van der Waals surface area contributed by atoms with E-state index in [0.29, 0.717) is 18.8 Å². The zero-order valence-electron chi connectivity index (χ0n) is 8.84. The largest absolute Gasteiger partial charge is 0.387 e. The molecule has 1 aromatic rings. The molecule has 80 valence electrons. The summed E-state index contributed by atoms with van der Waals surface area (Å²) in [7, 11) is 0. The van der Waals surface area contributed by atoms with Crippen LogP contribution in [0.4, 0.5) is 0 Å². The van der Waals surface area contributed by atoms with Gasteiger partial charge in [-0.25, -0.2) is 4.68 Å². The Bertz CT molecular complexity index is 271. The number of rotatable bonds is 5. The fraction of sp³-hybridized carbons (Fsp3) is 0.778. The van der Waals surface area contributed by atoms with E-state index >= 15 is 0 Å². The van der Waals surface area contributed by atoms with Crippen molar-refractivity contribution in [2.75, 3.05) is 6.61 Å². The van der Waals surface area contributed by atoms with Crippen LogP contribution in [-0.4, -0.2) is 32.8 Å². The third kappa shape index (κ3) is 3.43. The number of aliphatic hydroxyl groups excluding tert-OH is 1. The van der Waals surface area contributed by atoms with Gasteiger partial charge in [0.05, 0.1) is 31.6 Å². The summed E-state index contributed by atoms with van der Waals surface area (Å²) in [6.45, 7) is 6.92. The van der Waals surface area contributed by atoms with Gasteiger partial charge in [-0.1, -0.05) is 5.21 Å². The second-order valence-electron chi connectivity index (χ2n) is 3.50. The number of aromatic nitrogens is 3. The zero-order chi connectivity index (χ0) is 10.6. The molecule has 0 fully saturated rings. The molecule has 1 rings (SSSR count). The van der Waals surface area contributed by atoms with Crippen molar-refractivity contribution in [1.29, 1.82) is 0 Å². The molecule has 1 aromatic heterocycles. The molecule has 14 heavy (non-hydrogen) atoms. The lowest BCUT2D eigenvalue weighted by Crippen LogP contribution is -2.10. The molecule has 0 spiro atoms. The molecule has 5 heteroatoms. The van der Waals surface area contributed by atoms with E-state index in [1.807, 2.05) is 13.8 Å². The minimum absolute atomic E-state index is 0.231. The lowest BCUT2D eigenvalue weighted by Gasteiger charge is -2.06. The van der Waals surface area contributed by atoms with E-state index in [4.69, 9.17) is 4.74 Å². The Morgan fingerprint density at radius 3 is 2.71 bits per heavy atom. The van der Waals surface area contributed by atoms with Crippen molar-refractivity contribution in [3.63, 3.8) is 0 Å². The quantitative estimate of drug-likeness (QED) is 0.760. The van der Waals surface area contributed by atoms with Crippen molar-refractivity contribution in [1.82, 2.24) is 15.0 Å². The molecule has 0 aliphatic rings. The van der Waals surface area contributed by atoms with Crippen LogP contribution in [0, 0.1) is 0 Å². The molecule has 1 unspecified atom stereocenters. The summed E-state index contributed by atoms with van der Waals surface area (Å²) < 4.78 is 7.04. The highest BCUT2D eigenvalue weighted by molar-refractivity contribution is 4.95. The summed E-state index contributed by atoms with van der Waals surface area (Å²) in [6, 6.07) is 0. The number of hydrogen-bond acceptors (Lipinski definition) is 4. The number of ether oxygens (including phenoxy) is 1. The minimum Gasteiger partial charge on any atom is -0.387 e. The molecule has 0 radical (unpaired) electrons. The molecule has 1 N–H and O–H groups in total. The van der Waals surface area contributed by atoms with E-state index < -0.39 is 6.10 Å². The molecule has 5 nitrogen and oxygen atoms in total. The summed E-state index contributed by atoms with van der Waals surface area (Å²) in [6.07, 6.45) is 1.40. The molecule has 0 saturated carbocycles. The average molecular weight is 199 g/mol. The van der Waals surface area contributed by atoms with Crippen LogP contribution >= 0.6 is 0 Å². The third-order valence-corrected chi connectivity index (χ3v) is 1.76. The molecule has 0 bridgehead atoms. The molecular formula is C9H17N3O2. The Kier molecular flexibility index (Phi) is 4.03. The smallest absolute Gasteiger partial charge is 0.111 e. The van der Waals surface area contributed by atoms with Crippen LogP contribution in [0.25, 0.3) is 0 Å². The highest BCUT2D eigenvalue weighted by Gasteiger charge is 2.05. The Balaban J connectivity index is 2.36. The Morgan fingerprint density at radius 1 is 1.50 bits per heavy atom.